The second-order valence-electron chi connectivity index (χ2n) is 6.27. The molecule has 20 heavy (non-hydrogen) atoms. The summed E-state index contributed by atoms with van der Waals surface area (Å²) in [7, 11) is 1.65. The molecule has 1 rings (SSSR count). The number of hydrogen-bond acceptors (Lipinski definition) is 6. The minimum atomic E-state index is -1.29. The predicted molar refractivity (Wildman–Crippen MR) is 73.1 cm³/mol. The number of hydrogen-bond donors (Lipinski definition) is 5. The van der Waals surface area contributed by atoms with Gasteiger partial charge in [0, 0.05) is 6.54 Å². The number of carbonyl (C=O) groups excluding carboxylic acids is 1. The molecule has 0 bridgehead atoms. The van der Waals surface area contributed by atoms with E-state index in [1.54, 1.807) is 7.05 Å². The highest BCUT2D eigenvalue weighted by molar-refractivity contribution is 5.77. The van der Waals surface area contributed by atoms with Crippen LogP contribution < -0.4 is 10.6 Å². The minimum absolute atomic E-state index is 0.0814. The molecule has 1 fully saturated rings. The van der Waals surface area contributed by atoms with Crippen LogP contribution in [0, 0.1) is 5.41 Å². The maximum Gasteiger partial charge on any atom is 0.234 e. The molecule has 5 N–H and O–H groups in total. The van der Waals surface area contributed by atoms with E-state index in [2.05, 4.69) is 10.6 Å². The van der Waals surface area contributed by atoms with E-state index in [1.165, 1.54) is 0 Å². The van der Waals surface area contributed by atoms with Crippen molar-refractivity contribution in [2.24, 2.45) is 5.41 Å². The number of carbonyl (C=O) groups is 1. The number of amides is 1. The average Bonchev–Trinajstić information content (AvgIpc) is 2.34. The largest absolute Gasteiger partial charge is 0.388 e. The summed E-state index contributed by atoms with van der Waals surface area (Å²) in [6.45, 7) is 5.88. The summed E-state index contributed by atoms with van der Waals surface area (Å²) >= 11 is 0. The lowest BCUT2D eigenvalue weighted by Gasteiger charge is -2.45. The van der Waals surface area contributed by atoms with Crippen molar-refractivity contribution in [2.75, 3.05) is 20.1 Å². The van der Waals surface area contributed by atoms with Gasteiger partial charge in [0.25, 0.3) is 0 Å². The van der Waals surface area contributed by atoms with Crippen molar-refractivity contribution in [1.82, 2.24) is 10.6 Å². The van der Waals surface area contributed by atoms with Crippen LogP contribution in [0.4, 0.5) is 0 Å². The Labute approximate surface area is 119 Å². The van der Waals surface area contributed by atoms with Crippen molar-refractivity contribution < 1.29 is 24.9 Å². The first-order chi connectivity index (χ1) is 9.18. The molecule has 5 unspecified atom stereocenters. The molecule has 7 nitrogen and oxygen atoms in total. The van der Waals surface area contributed by atoms with Crippen LogP contribution >= 0.6 is 0 Å². The molecule has 1 aliphatic heterocycles. The Morgan fingerprint density at radius 1 is 1.15 bits per heavy atom. The predicted octanol–water partition coefficient (Wildman–Crippen LogP) is -1.78. The molecule has 0 aromatic rings. The Balaban J connectivity index is 2.68. The lowest BCUT2D eigenvalue weighted by Crippen LogP contribution is -2.62. The molecule has 0 aromatic carbocycles. The molecule has 118 valence electrons. The molecule has 0 radical (unpaired) electrons. The lowest BCUT2D eigenvalue weighted by atomic mass is 9.80. The third-order valence-electron chi connectivity index (χ3n) is 3.40. The van der Waals surface area contributed by atoms with E-state index in [1.807, 2.05) is 20.8 Å². The number of rotatable bonds is 4. The fraction of sp³-hybridized carbons (Fsp3) is 0.923. The quantitative estimate of drug-likeness (QED) is 0.418. The van der Waals surface area contributed by atoms with E-state index in [4.69, 9.17) is 4.74 Å². The van der Waals surface area contributed by atoms with Crippen LogP contribution in [-0.4, -0.2) is 71.9 Å². The van der Waals surface area contributed by atoms with Crippen molar-refractivity contribution >= 4 is 5.91 Å². The molecule has 1 heterocycles. The zero-order valence-electron chi connectivity index (χ0n) is 12.5. The monoisotopic (exact) mass is 290 g/mol. The minimum Gasteiger partial charge on any atom is -0.388 e. The van der Waals surface area contributed by atoms with Gasteiger partial charge < -0.3 is 30.7 Å². The van der Waals surface area contributed by atoms with Gasteiger partial charge in [0.2, 0.25) is 5.91 Å². The molecule has 0 spiro atoms. The molecule has 5 atom stereocenters. The Morgan fingerprint density at radius 3 is 2.25 bits per heavy atom. The van der Waals surface area contributed by atoms with E-state index in [9.17, 15) is 20.1 Å². The Morgan fingerprint density at radius 2 is 1.75 bits per heavy atom. The summed E-state index contributed by atoms with van der Waals surface area (Å²) in [4.78, 5) is 11.4. The van der Waals surface area contributed by atoms with Crippen molar-refractivity contribution in [2.45, 2.75) is 51.3 Å². The van der Waals surface area contributed by atoms with Gasteiger partial charge in [-0.05, 0) is 12.5 Å². The maximum absolute atomic E-state index is 11.4. The standard InChI is InChI=1S/C13H26N2O5/c1-13(2,3)12-11(19)10(18)9(17)7(20-12)5-15-8(16)6-14-4/h7,9-12,14,17-19H,5-6H2,1-4H3,(H,15,16). The van der Waals surface area contributed by atoms with Gasteiger partial charge >= 0.3 is 0 Å². The lowest BCUT2D eigenvalue weighted by molar-refractivity contribution is -0.242. The SMILES string of the molecule is CNCC(=O)NCC1OC(C(C)(C)C)C(O)C(O)C1O. The van der Waals surface area contributed by atoms with Crippen LogP contribution in [0.5, 0.6) is 0 Å². The fourth-order valence-corrected chi connectivity index (χ4v) is 2.27. The smallest absolute Gasteiger partial charge is 0.234 e. The fourth-order valence-electron chi connectivity index (χ4n) is 2.27. The van der Waals surface area contributed by atoms with Crippen LogP contribution in [0.3, 0.4) is 0 Å². The zero-order chi connectivity index (χ0) is 15.5. The summed E-state index contributed by atoms with van der Waals surface area (Å²) < 4.78 is 5.68. The van der Waals surface area contributed by atoms with Crippen LogP contribution in [0.2, 0.25) is 0 Å². The average molecular weight is 290 g/mol. The first-order valence-electron chi connectivity index (χ1n) is 6.79. The maximum atomic E-state index is 11.4. The Kier molecular flexibility index (Phi) is 5.91. The zero-order valence-corrected chi connectivity index (χ0v) is 12.5. The van der Waals surface area contributed by atoms with Crippen molar-refractivity contribution in [3.8, 4) is 0 Å². The summed E-state index contributed by atoms with van der Waals surface area (Å²) in [5, 5.41) is 35.2. The molecule has 0 aromatic heterocycles. The van der Waals surface area contributed by atoms with Gasteiger partial charge in [0.1, 0.15) is 24.4 Å². The second-order valence-corrected chi connectivity index (χ2v) is 6.27. The topological polar surface area (TPSA) is 111 Å². The van der Waals surface area contributed by atoms with E-state index in [0.717, 1.165) is 0 Å². The third kappa shape index (κ3) is 4.13. The number of aliphatic hydroxyl groups excluding tert-OH is 3. The highest BCUT2D eigenvalue weighted by Gasteiger charge is 2.47. The van der Waals surface area contributed by atoms with Crippen molar-refractivity contribution in [3.63, 3.8) is 0 Å². The summed E-state index contributed by atoms with van der Waals surface area (Å²) in [6.07, 6.45) is -5.06. The first-order valence-corrected chi connectivity index (χ1v) is 6.79. The van der Waals surface area contributed by atoms with Gasteiger partial charge in [-0.3, -0.25) is 4.79 Å². The van der Waals surface area contributed by atoms with E-state index >= 15 is 0 Å². The van der Waals surface area contributed by atoms with E-state index < -0.39 is 35.9 Å². The second kappa shape index (κ2) is 6.82. The Hall–Kier alpha value is -0.730. The number of likely N-dealkylation sites (N-methyl/N-ethyl adjacent to an activating group) is 1. The van der Waals surface area contributed by atoms with Crippen LogP contribution in [0.15, 0.2) is 0 Å². The number of aliphatic hydroxyl groups is 3. The molecule has 0 aliphatic carbocycles. The molecule has 1 amide bonds. The van der Waals surface area contributed by atoms with E-state index in [-0.39, 0.29) is 19.0 Å². The van der Waals surface area contributed by atoms with Crippen LogP contribution in [-0.2, 0) is 9.53 Å². The summed E-state index contributed by atoms with van der Waals surface area (Å²) in [6, 6.07) is 0. The van der Waals surface area contributed by atoms with Crippen molar-refractivity contribution in [1.29, 1.82) is 0 Å². The van der Waals surface area contributed by atoms with Gasteiger partial charge in [-0.1, -0.05) is 20.8 Å². The highest BCUT2D eigenvalue weighted by atomic mass is 16.5. The molecular formula is C13H26N2O5. The van der Waals surface area contributed by atoms with Gasteiger partial charge in [-0.15, -0.1) is 0 Å². The summed E-state index contributed by atoms with van der Waals surface area (Å²) in [5.74, 6) is -0.226. The number of nitrogens with one attached hydrogen (secondary N) is 2. The third-order valence-corrected chi connectivity index (χ3v) is 3.40. The van der Waals surface area contributed by atoms with Gasteiger partial charge in [0.15, 0.2) is 0 Å². The van der Waals surface area contributed by atoms with Crippen LogP contribution in [0.25, 0.3) is 0 Å². The van der Waals surface area contributed by atoms with Gasteiger partial charge in [0.05, 0.1) is 12.6 Å². The Bertz CT molecular complexity index is 331. The molecule has 0 saturated carbocycles. The van der Waals surface area contributed by atoms with Gasteiger partial charge in [-0.2, -0.15) is 0 Å². The van der Waals surface area contributed by atoms with Gasteiger partial charge in [-0.25, -0.2) is 0 Å². The molecule has 7 heteroatoms. The number of ether oxygens (including phenoxy) is 1. The normalized spacial score (nSPS) is 34.9. The first kappa shape index (κ1) is 17.3. The molecule has 1 aliphatic rings. The molecular weight excluding hydrogens is 264 g/mol. The van der Waals surface area contributed by atoms with Crippen LogP contribution in [0.1, 0.15) is 20.8 Å². The molecule has 1 saturated heterocycles. The van der Waals surface area contributed by atoms with Crippen molar-refractivity contribution in [3.05, 3.63) is 0 Å². The highest BCUT2D eigenvalue weighted by Crippen LogP contribution is 2.32. The van der Waals surface area contributed by atoms with E-state index in [0.29, 0.717) is 0 Å². The summed E-state index contributed by atoms with van der Waals surface area (Å²) in [5.41, 5.74) is -0.395.